The van der Waals surface area contributed by atoms with E-state index in [1.54, 1.807) is 12.1 Å². The van der Waals surface area contributed by atoms with Gasteiger partial charge in [-0.05, 0) is 42.0 Å². The van der Waals surface area contributed by atoms with Crippen molar-refractivity contribution in [3.05, 3.63) is 65.5 Å². The average Bonchev–Trinajstić information content (AvgIpc) is 2.62. The molecule has 1 saturated heterocycles. The van der Waals surface area contributed by atoms with Crippen molar-refractivity contribution >= 4 is 17.2 Å². The highest BCUT2D eigenvalue weighted by Crippen LogP contribution is 2.17. The lowest BCUT2D eigenvalue weighted by Crippen LogP contribution is -2.40. The van der Waals surface area contributed by atoms with Crippen LogP contribution in [-0.2, 0) is 11.3 Å². The second-order valence-electron chi connectivity index (χ2n) is 5.34. The molecule has 0 N–H and O–H groups in total. The molecule has 3 nitrogen and oxygen atoms in total. The van der Waals surface area contributed by atoms with Gasteiger partial charge in [0.1, 0.15) is 23.2 Å². The van der Waals surface area contributed by atoms with E-state index in [1.807, 2.05) is 24.3 Å². The Kier molecular flexibility index (Phi) is 5.20. The van der Waals surface area contributed by atoms with Gasteiger partial charge in [0, 0.05) is 18.7 Å². The lowest BCUT2D eigenvalue weighted by molar-refractivity contribution is 0.0693. The second-order valence-corrected chi connectivity index (χ2v) is 5.73. The molecule has 3 rings (SSSR count). The van der Waals surface area contributed by atoms with Crippen molar-refractivity contribution in [3.8, 4) is 5.75 Å². The topological polar surface area (TPSA) is 21.7 Å². The Morgan fingerprint density at radius 1 is 1.04 bits per heavy atom. The van der Waals surface area contributed by atoms with Crippen LogP contribution in [0.2, 0.25) is 0 Å². The van der Waals surface area contributed by atoms with Crippen LogP contribution in [0.5, 0.6) is 5.75 Å². The molecule has 0 aliphatic carbocycles. The van der Waals surface area contributed by atoms with Gasteiger partial charge in [-0.25, -0.2) is 4.39 Å². The Balaban J connectivity index is 1.58. The number of ether oxygens (including phenoxy) is 2. The van der Waals surface area contributed by atoms with E-state index < -0.39 is 0 Å². The van der Waals surface area contributed by atoms with Gasteiger partial charge in [0.2, 0.25) is 0 Å². The fraction of sp³-hybridized carbons (Fsp3) is 0.278. The molecule has 23 heavy (non-hydrogen) atoms. The minimum Gasteiger partial charge on any atom is -0.489 e. The van der Waals surface area contributed by atoms with Crippen molar-refractivity contribution in [1.29, 1.82) is 0 Å². The molecule has 120 valence electrons. The highest BCUT2D eigenvalue weighted by molar-refractivity contribution is 7.80. The van der Waals surface area contributed by atoms with Crippen LogP contribution in [0.25, 0.3) is 0 Å². The lowest BCUT2D eigenvalue weighted by Gasteiger charge is -2.29. The van der Waals surface area contributed by atoms with Gasteiger partial charge in [-0.15, -0.1) is 0 Å². The summed E-state index contributed by atoms with van der Waals surface area (Å²) in [5.41, 5.74) is 1.94. The van der Waals surface area contributed by atoms with Gasteiger partial charge in [-0.3, -0.25) is 0 Å². The summed E-state index contributed by atoms with van der Waals surface area (Å²) in [6.07, 6.45) is 0. The van der Waals surface area contributed by atoms with Gasteiger partial charge < -0.3 is 14.4 Å². The Morgan fingerprint density at radius 3 is 2.35 bits per heavy atom. The first kappa shape index (κ1) is 15.9. The Bertz CT molecular complexity index is 652. The van der Waals surface area contributed by atoms with Crippen LogP contribution < -0.4 is 4.74 Å². The molecule has 0 unspecified atom stereocenters. The summed E-state index contributed by atoms with van der Waals surface area (Å²) in [6, 6.07) is 14.1. The van der Waals surface area contributed by atoms with Crippen molar-refractivity contribution in [3.63, 3.8) is 0 Å². The number of benzene rings is 2. The van der Waals surface area contributed by atoms with Crippen molar-refractivity contribution in [2.45, 2.75) is 6.61 Å². The molecule has 0 aromatic heterocycles. The van der Waals surface area contributed by atoms with E-state index in [4.69, 9.17) is 21.7 Å². The number of nitrogens with zero attached hydrogens (tertiary/aromatic N) is 1. The van der Waals surface area contributed by atoms with Gasteiger partial charge in [-0.2, -0.15) is 0 Å². The zero-order valence-electron chi connectivity index (χ0n) is 12.7. The smallest absolute Gasteiger partial charge is 0.123 e. The summed E-state index contributed by atoms with van der Waals surface area (Å²) >= 11 is 5.53. The normalized spacial score (nSPS) is 14.6. The predicted molar refractivity (Wildman–Crippen MR) is 91.3 cm³/mol. The number of halogens is 1. The summed E-state index contributed by atoms with van der Waals surface area (Å²) in [7, 11) is 0. The van der Waals surface area contributed by atoms with Crippen molar-refractivity contribution in [2.75, 3.05) is 26.3 Å². The Morgan fingerprint density at radius 2 is 1.70 bits per heavy atom. The highest BCUT2D eigenvalue weighted by Gasteiger charge is 2.14. The van der Waals surface area contributed by atoms with Gasteiger partial charge in [-0.1, -0.05) is 24.4 Å². The third kappa shape index (κ3) is 4.27. The molecular weight excluding hydrogens is 313 g/mol. The van der Waals surface area contributed by atoms with Crippen LogP contribution in [0.4, 0.5) is 4.39 Å². The molecule has 1 heterocycles. The van der Waals surface area contributed by atoms with Gasteiger partial charge in [0.15, 0.2) is 0 Å². The largest absolute Gasteiger partial charge is 0.489 e. The molecular formula is C18H18FNO2S. The molecule has 1 aliphatic rings. The lowest BCUT2D eigenvalue weighted by atomic mass is 10.2. The van der Waals surface area contributed by atoms with Gasteiger partial charge in [0.25, 0.3) is 0 Å². The number of hydrogen-bond donors (Lipinski definition) is 0. The van der Waals surface area contributed by atoms with Crippen molar-refractivity contribution in [1.82, 2.24) is 4.90 Å². The summed E-state index contributed by atoms with van der Waals surface area (Å²) < 4.78 is 23.9. The summed E-state index contributed by atoms with van der Waals surface area (Å²) in [5, 5.41) is 0. The molecule has 0 saturated carbocycles. The molecule has 0 atom stereocenters. The van der Waals surface area contributed by atoms with Gasteiger partial charge in [0.05, 0.1) is 13.2 Å². The van der Waals surface area contributed by atoms with Crippen LogP contribution in [0, 0.1) is 5.82 Å². The fourth-order valence-electron chi connectivity index (χ4n) is 2.39. The van der Waals surface area contributed by atoms with E-state index in [0.717, 1.165) is 48.2 Å². The number of hydrogen-bond acceptors (Lipinski definition) is 3. The summed E-state index contributed by atoms with van der Waals surface area (Å²) in [5.74, 6) is 0.526. The maximum Gasteiger partial charge on any atom is 0.123 e. The zero-order chi connectivity index (χ0) is 16.1. The van der Waals surface area contributed by atoms with Crippen molar-refractivity contribution < 1.29 is 13.9 Å². The molecule has 0 amide bonds. The average molecular weight is 331 g/mol. The SMILES string of the molecule is Fc1ccc(COc2ccc(C(=S)N3CCOCC3)cc2)cc1. The third-order valence-electron chi connectivity index (χ3n) is 3.72. The molecule has 2 aromatic carbocycles. The number of morpholine rings is 1. The second kappa shape index (κ2) is 7.53. The highest BCUT2D eigenvalue weighted by atomic mass is 32.1. The molecule has 0 radical (unpaired) electrons. The van der Waals surface area contributed by atoms with Gasteiger partial charge >= 0.3 is 0 Å². The van der Waals surface area contributed by atoms with Crippen molar-refractivity contribution in [2.24, 2.45) is 0 Å². The molecule has 5 heteroatoms. The summed E-state index contributed by atoms with van der Waals surface area (Å²) in [4.78, 5) is 3.01. The molecule has 1 aliphatic heterocycles. The van der Waals surface area contributed by atoms with E-state index in [9.17, 15) is 4.39 Å². The first-order valence-corrected chi connectivity index (χ1v) is 7.97. The molecule has 0 spiro atoms. The standard InChI is InChI=1S/C18H18FNO2S/c19-16-5-1-14(2-6-16)13-22-17-7-3-15(4-8-17)18(23)20-9-11-21-12-10-20/h1-8H,9-13H2. The van der Waals surface area contributed by atoms with Crippen LogP contribution in [0.15, 0.2) is 48.5 Å². The minimum absolute atomic E-state index is 0.241. The fourth-order valence-corrected chi connectivity index (χ4v) is 2.71. The zero-order valence-corrected chi connectivity index (χ0v) is 13.5. The van der Waals surface area contributed by atoms with Crippen LogP contribution >= 0.6 is 12.2 Å². The van der Waals surface area contributed by atoms with E-state index >= 15 is 0 Å². The van der Waals surface area contributed by atoms with E-state index in [0.29, 0.717) is 6.61 Å². The monoisotopic (exact) mass is 331 g/mol. The minimum atomic E-state index is -0.241. The number of rotatable bonds is 4. The van der Waals surface area contributed by atoms with E-state index in [1.165, 1.54) is 12.1 Å². The molecule has 0 bridgehead atoms. The molecule has 2 aromatic rings. The first-order chi connectivity index (χ1) is 11.2. The van der Waals surface area contributed by atoms with Crippen LogP contribution in [0.3, 0.4) is 0 Å². The maximum absolute atomic E-state index is 12.9. The molecule has 1 fully saturated rings. The first-order valence-electron chi connectivity index (χ1n) is 7.57. The van der Waals surface area contributed by atoms with Crippen LogP contribution in [0.1, 0.15) is 11.1 Å². The Labute approximate surface area is 140 Å². The quantitative estimate of drug-likeness (QED) is 0.800. The maximum atomic E-state index is 12.9. The number of thiocarbonyl (C=S) groups is 1. The van der Waals surface area contributed by atoms with Crippen LogP contribution in [-0.4, -0.2) is 36.2 Å². The Hall–Kier alpha value is -1.98. The predicted octanol–water partition coefficient (Wildman–Crippen LogP) is 3.41. The van der Waals surface area contributed by atoms with E-state index in [-0.39, 0.29) is 5.82 Å². The third-order valence-corrected chi connectivity index (χ3v) is 4.21. The summed E-state index contributed by atoms with van der Waals surface area (Å²) in [6.45, 7) is 3.52. The van der Waals surface area contributed by atoms with E-state index in [2.05, 4.69) is 4.90 Å².